The molecule has 0 spiro atoms. The van der Waals surface area contributed by atoms with E-state index in [2.05, 4.69) is 5.32 Å². The van der Waals surface area contributed by atoms with Gasteiger partial charge in [-0.2, -0.15) is 0 Å². The molecule has 1 unspecified atom stereocenters. The number of nitrogens with one attached hydrogen (secondary N) is 1. The van der Waals surface area contributed by atoms with Crippen LogP contribution in [0.15, 0.2) is 54.6 Å². The highest BCUT2D eigenvalue weighted by Crippen LogP contribution is 2.27. The van der Waals surface area contributed by atoms with E-state index in [1.54, 1.807) is 12.1 Å². The second-order valence-corrected chi connectivity index (χ2v) is 6.31. The molecule has 24 heavy (non-hydrogen) atoms. The van der Waals surface area contributed by atoms with Crippen molar-refractivity contribution in [3.63, 3.8) is 0 Å². The van der Waals surface area contributed by atoms with Crippen LogP contribution < -0.4 is 10.1 Å². The molecule has 4 nitrogen and oxygen atoms in total. The third-order valence-corrected chi connectivity index (χ3v) is 4.18. The van der Waals surface area contributed by atoms with Crippen molar-refractivity contribution in [3.05, 3.63) is 65.7 Å². The lowest BCUT2D eigenvalue weighted by molar-refractivity contribution is -0.123. The fraction of sp³-hybridized carbons (Fsp3) is 0.350. The van der Waals surface area contributed by atoms with Crippen LogP contribution in [0.3, 0.4) is 0 Å². The predicted octanol–water partition coefficient (Wildman–Crippen LogP) is 3.22. The number of aliphatic hydroxyl groups excluding tert-OH is 1. The molecule has 2 aromatic carbocycles. The zero-order chi connectivity index (χ0) is 16.8. The molecule has 1 amide bonds. The molecule has 1 fully saturated rings. The molecule has 4 heteroatoms. The van der Waals surface area contributed by atoms with Crippen LogP contribution >= 0.6 is 0 Å². The minimum atomic E-state index is -0.785. The normalized spacial score (nSPS) is 14.9. The van der Waals surface area contributed by atoms with Gasteiger partial charge in [0.25, 0.3) is 0 Å². The van der Waals surface area contributed by atoms with Crippen LogP contribution in [0.4, 0.5) is 0 Å². The molecule has 1 aliphatic rings. The summed E-state index contributed by atoms with van der Waals surface area (Å²) in [6, 6.07) is 17.2. The quantitative estimate of drug-likeness (QED) is 0.783. The van der Waals surface area contributed by atoms with Crippen LogP contribution in [0.25, 0.3) is 0 Å². The smallest absolute Gasteiger partial charge is 0.222 e. The van der Waals surface area contributed by atoms with Gasteiger partial charge in [-0.1, -0.05) is 42.5 Å². The fourth-order valence-corrected chi connectivity index (χ4v) is 2.47. The lowest BCUT2D eigenvalue weighted by Gasteiger charge is -2.12. The summed E-state index contributed by atoms with van der Waals surface area (Å²) >= 11 is 0. The average molecular weight is 325 g/mol. The second kappa shape index (κ2) is 7.97. The summed E-state index contributed by atoms with van der Waals surface area (Å²) in [5, 5.41) is 13.0. The maximum atomic E-state index is 11.8. The van der Waals surface area contributed by atoms with Gasteiger partial charge < -0.3 is 15.2 Å². The predicted molar refractivity (Wildman–Crippen MR) is 92.5 cm³/mol. The van der Waals surface area contributed by atoms with Crippen LogP contribution in [-0.4, -0.2) is 17.6 Å². The van der Waals surface area contributed by atoms with Crippen LogP contribution in [0, 0.1) is 5.92 Å². The van der Waals surface area contributed by atoms with E-state index in [9.17, 15) is 9.90 Å². The van der Waals surface area contributed by atoms with Gasteiger partial charge in [-0.3, -0.25) is 4.79 Å². The second-order valence-electron chi connectivity index (χ2n) is 6.31. The molecular formula is C20H23NO3. The average Bonchev–Trinajstić information content (AvgIpc) is 3.44. The van der Waals surface area contributed by atoms with Crippen LogP contribution in [-0.2, 0) is 11.4 Å². The summed E-state index contributed by atoms with van der Waals surface area (Å²) in [6.07, 6.45) is 1.71. The van der Waals surface area contributed by atoms with Gasteiger partial charge in [-0.15, -0.1) is 0 Å². The first kappa shape index (κ1) is 16.5. The number of carbonyl (C=O) groups is 1. The molecule has 1 saturated carbocycles. The summed E-state index contributed by atoms with van der Waals surface area (Å²) < 4.78 is 5.72. The van der Waals surface area contributed by atoms with E-state index >= 15 is 0 Å². The van der Waals surface area contributed by atoms with Gasteiger partial charge in [0.2, 0.25) is 5.91 Å². The van der Waals surface area contributed by atoms with Gasteiger partial charge in [0.15, 0.2) is 0 Å². The fourth-order valence-electron chi connectivity index (χ4n) is 2.47. The third kappa shape index (κ3) is 5.10. The molecule has 3 rings (SSSR count). The molecule has 0 heterocycles. The highest BCUT2D eigenvalue weighted by Gasteiger charge is 2.22. The van der Waals surface area contributed by atoms with E-state index in [1.807, 2.05) is 42.5 Å². The number of rotatable bonds is 8. The standard InChI is InChI=1S/C20H23NO3/c22-19(12-20(23)21-13-15-6-7-15)17-8-10-18(11-9-17)24-14-16-4-2-1-3-5-16/h1-5,8-11,15,19,22H,6-7,12-14H2,(H,21,23). The summed E-state index contributed by atoms with van der Waals surface area (Å²) in [5.74, 6) is 1.29. The lowest BCUT2D eigenvalue weighted by atomic mass is 10.1. The minimum absolute atomic E-state index is 0.0942. The van der Waals surface area contributed by atoms with Gasteiger partial charge >= 0.3 is 0 Å². The molecule has 2 N–H and O–H groups in total. The van der Waals surface area contributed by atoms with Crippen molar-refractivity contribution in [3.8, 4) is 5.75 Å². The Morgan fingerprint density at radius 2 is 1.83 bits per heavy atom. The van der Waals surface area contributed by atoms with Gasteiger partial charge in [0.1, 0.15) is 12.4 Å². The number of carbonyl (C=O) groups excluding carboxylic acids is 1. The molecule has 0 bridgehead atoms. The van der Waals surface area contributed by atoms with E-state index in [4.69, 9.17) is 4.74 Å². The summed E-state index contributed by atoms with van der Waals surface area (Å²) in [4.78, 5) is 11.8. The topological polar surface area (TPSA) is 58.6 Å². The zero-order valence-corrected chi connectivity index (χ0v) is 13.7. The van der Waals surface area contributed by atoms with Crippen LogP contribution in [0.5, 0.6) is 5.75 Å². The Kier molecular flexibility index (Phi) is 5.49. The molecule has 1 atom stereocenters. The number of ether oxygens (including phenoxy) is 1. The van der Waals surface area contributed by atoms with Crippen molar-refractivity contribution in [2.45, 2.75) is 32.0 Å². The lowest BCUT2D eigenvalue weighted by Crippen LogP contribution is -2.26. The Bertz CT molecular complexity index is 650. The van der Waals surface area contributed by atoms with Crippen molar-refractivity contribution in [2.75, 3.05) is 6.54 Å². The first-order chi connectivity index (χ1) is 11.7. The van der Waals surface area contributed by atoms with Gasteiger partial charge in [0, 0.05) is 6.54 Å². The molecular weight excluding hydrogens is 302 g/mol. The summed E-state index contributed by atoms with van der Waals surface area (Å²) in [6.45, 7) is 1.24. The Morgan fingerprint density at radius 3 is 2.50 bits per heavy atom. The third-order valence-electron chi connectivity index (χ3n) is 4.18. The summed E-state index contributed by atoms with van der Waals surface area (Å²) in [5.41, 5.74) is 1.83. The molecule has 1 aliphatic carbocycles. The first-order valence-corrected chi connectivity index (χ1v) is 8.42. The van der Waals surface area contributed by atoms with E-state index in [1.165, 1.54) is 12.8 Å². The van der Waals surface area contributed by atoms with E-state index in [0.29, 0.717) is 12.5 Å². The molecule has 0 saturated heterocycles. The number of aliphatic hydroxyl groups is 1. The molecule has 0 aliphatic heterocycles. The zero-order valence-electron chi connectivity index (χ0n) is 13.7. The number of benzene rings is 2. The van der Waals surface area contributed by atoms with E-state index in [-0.39, 0.29) is 12.3 Å². The molecule has 0 aromatic heterocycles. The number of hydrogen-bond donors (Lipinski definition) is 2. The Morgan fingerprint density at radius 1 is 1.12 bits per heavy atom. The highest BCUT2D eigenvalue weighted by molar-refractivity contribution is 5.76. The van der Waals surface area contributed by atoms with E-state index < -0.39 is 6.10 Å². The van der Waals surface area contributed by atoms with Crippen molar-refractivity contribution < 1.29 is 14.6 Å². The van der Waals surface area contributed by atoms with E-state index in [0.717, 1.165) is 23.4 Å². The maximum absolute atomic E-state index is 11.8. The molecule has 126 valence electrons. The van der Waals surface area contributed by atoms with Crippen molar-refractivity contribution in [2.24, 2.45) is 5.92 Å². The van der Waals surface area contributed by atoms with Gasteiger partial charge in [-0.05, 0) is 42.0 Å². The number of hydrogen-bond acceptors (Lipinski definition) is 3. The minimum Gasteiger partial charge on any atom is -0.489 e. The highest BCUT2D eigenvalue weighted by atomic mass is 16.5. The van der Waals surface area contributed by atoms with Crippen molar-refractivity contribution in [1.29, 1.82) is 0 Å². The Labute approximate surface area is 142 Å². The van der Waals surface area contributed by atoms with Crippen LogP contribution in [0.2, 0.25) is 0 Å². The molecule has 2 aromatic rings. The number of amides is 1. The van der Waals surface area contributed by atoms with Gasteiger partial charge in [-0.25, -0.2) is 0 Å². The monoisotopic (exact) mass is 325 g/mol. The SMILES string of the molecule is O=C(CC(O)c1ccc(OCc2ccccc2)cc1)NCC1CC1. The summed E-state index contributed by atoms with van der Waals surface area (Å²) in [7, 11) is 0. The Balaban J connectivity index is 1.46. The Hall–Kier alpha value is -2.33. The molecule has 0 radical (unpaired) electrons. The maximum Gasteiger partial charge on any atom is 0.222 e. The van der Waals surface area contributed by atoms with Crippen LogP contribution in [0.1, 0.15) is 36.5 Å². The first-order valence-electron chi connectivity index (χ1n) is 8.42. The van der Waals surface area contributed by atoms with Crippen molar-refractivity contribution >= 4 is 5.91 Å². The van der Waals surface area contributed by atoms with Gasteiger partial charge in [0.05, 0.1) is 12.5 Å². The van der Waals surface area contributed by atoms with Crippen molar-refractivity contribution in [1.82, 2.24) is 5.32 Å². The largest absolute Gasteiger partial charge is 0.489 e.